The molecule has 3 rings (SSSR count). The van der Waals surface area contributed by atoms with E-state index in [0.717, 1.165) is 4.88 Å². The van der Waals surface area contributed by atoms with Gasteiger partial charge in [0.2, 0.25) is 0 Å². The summed E-state index contributed by atoms with van der Waals surface area (Å²) in [6.07, 6.45) is 9.43. The summed E-state index contributed by atoms with van der Waals surface area (Å²) in [7, 11) is 0. The average Bonchev–Trinajstić information content (AvgIpc) is 3.05. The predicted octanol–water partition coefficient (Wildman–Crippen LogP) is 4.86. The van der Waals surface area contributed by atoms with Gasteiger partial charge in [-0.2, -0.15) is 0 Å². The summed E-state index contributed by atoms with van der Waals surface area (Å²) in [4.78, 5) is 1.03. The molecule has 1 aromatic carbocycles. The van der Waals surface area contributed by atoms with Gasteiger partial charge in [-0.25, -0.2) is 0 Å². The van der Waals surface area contributed by atoms with Crippen LogP contribution >= 0.6 is 11.3 Å². The van der Waals surface area contributed by atoms with E-state index >= 15 is 0 Å². The van der Waals surface area contributed by atoms with Crippen LogP contribution in [0.1, 0.15) is 37.5 Å². The minimum atomic E-state index is -0.841. The van der Waals surface area contributed by atoms with E-state index in [1.807, 2.05) is 25.1 Å². The number of thiophene rings is 1. The smallest absolute Gasteiger partial charge is 0.114 e. The Kier molecular flexibility index (Phi) is 3.46. The molecule has 1 N–H and O–H groups in total. The summed E-state index contributed by atoms with van der Waals surface area (Å²) < 4.78 is 1.24. The number of hydrogen-bond acceptors (Lipinski definition) is 2. The Morgan fingerprint density at radius 2 is 2.00 bits per heavy atom. The van der Waals surface area contributed by atoms with Crippen molar-refractivity contribution >= 4 is 21.4 Å². The zero-order valence-corrected chi connectivity index (χ0v) is 12.1. The van der Waals surface area contributed by atoms with Crippen LogP contribution in [0.15, 0.2) is 42.5 Å². The van der Waals surface area contributed by atoms with Crippen molar-refractivity contribution in [2.45, 2.75) is 38.2 Å². The van der Waals surface area contributed by atoms with Gasteiger partial charge in [0.25, 0.3) is 0 Å². The fourth-order valence-electron chi connectivity index (χ4n) is 2.79. The van der Waals surface area contributed by atoms with Crippen molar-refractivity contribution in [1.82, 2.24) is 0 Å². The zero-order valence-electron chi connectivity index (χ0n) is 11.3. The molecule has 2 heteroatoms. The number of benzene rings is 1. The lowest BCUT2D eigenvalue weighted by Crippen LogP contribution is -2.16. The lowest BCUT2D eigenvalue weighted by Gasteiger charge is -2.17. The number of allylic oxidation sites excluding steroid dienone is 1. The summed E-state index contributed by atoms with van der Waals surface area (Å²) in [6, 6.07) is 10.4. The maximum atomic E-state index is 10.7. The van der Waals surface area contributed by atoms with Gasteiger partial charge in [-0.3, -0.25) is 0 Å². The van der Waals surface area contributed by atoms with Crippen LogP contribution in [0.5, 0.6) is 0 Å². The monoisotopic (exact) mass is 272 g/mol. The van der Waals surface area contributed by atoms with Crippen LogP contribution in [-0.2, 0) is 5.60 Å². The Bertz CT molecular complexity index is 555. The minimum Gasteiger partial charge on any atom is -0.380 e. The van der Waals surface area contributed by atoms with Gasteiger partial charge in [-0.05, 0) is 43.2 Å². The molecule has 0 bridgehead atoms. The molecule has 1 nitrogen and oxygen atoms in total. The molecule has 1 aromatic heterocycles. The lowest BCUT2D eigenvalue weighted by atomic mass is 9.99. The molecule has 1 aliphatic carbocycles. The fourth-order valence-corrected chi connectivity index (χ4v) is 3.88. The van der Waals surface area contributed by atoms with E-state index in [1.54, 1.807) is 11.3 Å². The number of aliphatic hydroxyl groups is 1. The summed E-state index contributed by atoms with van der Waals surface area (Å²) in [5.74, 6) is 0.667. The Labute approximate surface area is 118 Å². The molecule has 0 aliphatic heterocycles. The van der Waals surface area contributed by atoms with Crippen molar-refractivity contribution in [2.75, 3.05) is 0 Å². The molecule has 1 fully saturated rings. The summed E-state index contributed by atoms with van der Waals surface area (Å²) in [6.45, 7) is 1.89. The highest BCUT2D eigenvalue weighted by molar-refractivity contribution is 7.19. The van der Waals surface area contributed by atoms with Crippen molar-refractivity contribution in [3.8, 4) is 0 Å². The maximum Gasteiger partial charge on any atom is 0.114 e. The normalized spacial score (nSPS) is 20.3. The van der Waals surface area contributed by atoms with Crippen molar-refractivity contribution < 1.29 is 5.11 Å². The molecule has 0 radical (unpaired) electrons. The second-order valence-electron chi connectivity index (χ2n) is 5.70. The van der Waals surface area contributed by atoms with Crippen LogP contribution in [0.3, 0.4) is 0 Å². The van der Waals surface area contributed by atoms with Crippen LogP contribution in [-0.4, -0.2) is 5.11 Å². The minimum absolute atomic E-state index is 0.667. The van der Waals surface area contributed by atoms with Crippen molar-refractivity contribution in [2.24, 2.45) is 5.92 Å². The van der Waals surface area contributed by atoms with E-state index in [4.69, 9.17) is 0 Å². The average molecular weight is 272 g/mol. The highest BCUT2D eigenvalue weighted by atomic mass is 32.1. The fraction of sp³-hybridized carbons (Fsp3) is 0.412. The molecule has 1 atom stereocenters. The second kappa shape index (κ2) is 5.10. The number of rotatable bonds is 3. The topological polar surface area (TPSA) is 20.2 Å². The zero-order chi connectivity index (χ0) is 13.3. The van der Waals surface area contributed by atoms with Gasteiger partial charge in [0.1, 0.15) is 5.60 Å². The highest BCUT2D eigenvalue weighted by Gasteiger charge is 2.23. The van der Waals surface area contributed by atoms with E-state index in [9.17, 15) is 5.11 Å². The third-order valence-corrected chi connectivity index (χ3v) is 5.36. The number of fused-ring (bicyclic) bond motifs is 1. The van der Waals surface area contributed by atoms with Gasteiger partial charge in [0, 0.05) is 9.58 Å². The first-order valence-electron chi connectivity index (χ1n) is 7.06. The maximum absolute atomic E-state index is 10.7. The third kappa shape index (κ3) is 2.75. The van der Waals surface area contributed by atoms with Crippen molar-refractivity contribution in [1.29, 1.82) is 0 Å². The van der Waals surface area contributed by atoms with Gasteiger partial charge in [0.05, 0.1) is 0 Å². The second-order valence-corrected chi connectivity index (χ2v) is 6.78. The van der Waals surface area contributed by atoms with E-state index in [2.05, 4.69) is 24.3 Å². The standard InChI is InChI=1S/C17H20OS/c1-17(18,11-10-13-6-2-3-7-13)16-12-14-8-4-5-9-15(14)19-16/h4-5,8-13,18H,2-3,6-7H2,1H3/b11-10+. The predicted molar refractivity (Wildman–Crippen MR) is 82.5 cm³/mol. The first-order chi connectivity index (χ1) is 9.15. The lowest BCUT2D eigenvalue weighted by molar-refractivity contribution is 0.114. The largest absolute Gasteiger partial charge is 0.380 e. The van der Waals surface area contributed by atoms with E-state index in [1.165, 1.54) is 35.8 Å². The first kappa shape index (κ1) is 12.9. The Hall–Kier alpha value is -1.12. The Morgan fingerprint density at radius 1 is 1.26 bits per heavy atom. The molecule has 1 unspecified atom stereocenters. The summed E-state index contributed by atoms with van der Waals surface area (Å²) in [5, 5.41) is 11.9. The van der Waals surface area contributed by atoms with E-state index in [0.29, 0.717) is 5.92 Å². The molecule has 100 valence electrons. The molecule has 1 heterocycles. The molecule has 1 aliphatic rings. The Morgan fingerprint density at radius 3 is 2.74 bits per heavy atom. The van der Waals surface area contributed by atoms with E-state index in [-0.39, 0.29) is 0 Å². The van der Waals surface area contributed by atoms with Gasteiger partial charge >= 0.3 is 0 Å². The molecule has 2 aromatic rings. The number of hydrogen-bond donors (Lipinski definition) is 1. The molecule has 1 saturated carbocycles. The quantitative estimate of drug-likeness (QED) is 0.791. The highest BCUT2D eigenvalue weighted by Crippen LogP contribution is 2.35. The molecule has 0 saturated heterocycles. The molecule has 0 spiro atoms. The van der Waals surface area contributed by atoms with Crippen LogP contribution in [0.2, 0.25) is 0 Å². The van der Waals surface area contributed by atoms with Gasteiger partial charge in [-0.15, -0.1) is 11.3 Å². The van der Waals surface area contributed by atoms with Gasteiger partial charge in [-0.1, -0.05) is 43.2 Å². The van der Waals surface area contributed by atoms with Crippen LogP contribution in [0.25, 0.3) is 10.1 Å². The van der Waals surface area contributed by atoms with Crippen LogP contribution in [0.4, 0.5) is 0 Å². The van der Waals surface area contributed by atoms with Crippen LogP contribution in [0, 0.1) is 5.92 Å². The summed E-state index contributed by atoms with van der Waals surface area (Å²) in [5.41, 5.74) is -0.841. The van der Waals surface area contributed by atoms with Crippen molar-refractivity contribution in [3.63, 3.8) is 0 Å². The Balaban J connectivity index is 1.85. The first-order valence-corrected chi connectivity index (χ1v) is 7.87. The van der Waals surface area contributed by atoms with Gasteiger partial charge < -0.3 is 5.11 Å². The molecular formula is C17H20OS. The van der Waals surface area contributed by atoms with Crippen molar-refractivity contribution in [3.05, 3.63) is 47.4 Å². The van der Waals surface area contributed by atoms with Crippen LogP contribution < -0.4 is 0 Å². The molecule has 19 heavy (non-hydrogen) atoms. The summed E-state index contributed by atoms with van der Waals surface area (Å²) >= 11 is 1.69. The third-order valence-electron chi connectivity index (χ3n) is 4.02. The SMILES string of the molecule is CC(O)(/C=C/C1CCCC1)c1cc2ccccc2s1. The molecular weight excluding hydrogens is 252 g/mol. The van der Waals surface area contributed by atoms with E-state index < -0.39 is 5.60 Å². The van der Waals surface area contributed by atoms with Gasteiger partial charge in [0.15, 0.2) is 0 Å². The molecule has 0 amide bonds.